The summed E-state index contributed by atoms with van der Waals surface area (Å²) in [6, 6.07) is 6.02. The molecule has 0 aliphatic rings. The molecule has 1 rings (SSSR count). The van der Waals surface area contributed by atoms with Crippen molar-refractivity contribution in [1.29, 1.82) is 0 Å². The zero-order valence-corrected chi connectivity index (χ0v) is 12.2. The van der Waals surface area contributed by atoms with Crippen LogP contribution in [0.5, 0.6) is 0 Å². The van der Waals surface area contributed by atoms with Gasteiger partial charge >= 0.3 is 0 Å². The minimum absolute atomic E-state index is 0.568. The molecule has 0 fully saturated rings. The Balaban J connectivity index is 2.46. The van der Waals surface area contributed by atoms with Gasteiger partial charge in [-0.1, -0.05) is 23.7 Å². The van der Waals surface area contributed by atoms with Gasteiger partial charge < -0.3 is 10.4 Å². The smallest absolute Gasteiger partial charge is 0.0833 e. The SMILES string of the molecule is CSCC(C)(O)CNCc1ccc(C)cc1Cl. The first-order chi connectivity index (χ1) is 7.94. The van der Waals surface area contributed by atoms with Gasteiger partial charge in [-0.25, -0.2) is 0 Å². The molecule has 0 heterocycles. The maximum Gasteiger partial charge on any atom is 0.0833 e. The van der Waals surface area contributed by atoms with Crippen LogP contribution in [0, 0.1) is 6.92 Å². The van der Waals surface area contributed by atoms with Crippen molar-refractivity contribution in [3.63, 3.8) is 0 Å². The highest BCUT2D eigenvalue weighted by Gasteiger charge is 2.18. The monoisotopic (exact) mass is 273 g/mol. The topological polar surface area (TPSA) is 32.3 Å². The fourth-order valence-electron chi connectivity index (χ4n) is 1.62. The number of aliphatic hydroxyl groups is 1. The van der Waals surface area contributed by atoms with Crippen molar-refractivity contribution in [3.05, 3.63) is 34.3 Å². The normalized spacial score (nSPS) is 14.6. The first-order valence-electron chi connectivity index (χ1n) is 5.62. The van der Waals surface area contributed by atoms with Gasteiger partial charge in [-0.15, -0.1) is 0 Å². The third-order valence-electron chi connectivity index (χ3n) is 2.49. The second-order valence-electron chi connectivity index (χ2n) is 4.63. The van der Waals surface area contributed by atoms with E-state index in [9.17, 15) is 5.11 Å². The van der Waals surface area contributed by atoms with Gasteiger partial charge in [0.15, 0.2) is 0 Å². The number of nitrogens with one attached hydrogen (secondary N) is 1. The van der Waals surface area contributed by atoms with E-state index in [1.807, 2.05) is 38.3 Å². The molecule has 1 aromatic carbocycles. The lowest BCUT2D eigenvalue weighted by Crippen LogP contribution is -2.39. The first-order valence-corrected chi connectivity index (χ1v) is 7.39. The van der Waals surface area contributed by atoms with Crippen molar-refractivity contribution in [2.45, 2.75) is 26.0 Å². The van der Waals surface area contributed by atoms with E-state index in [-0.39, 0.29) is 0 Å². The maximum atomic E-state index is 9.99. The molecule has 0 saturated carbocycles. The lowest BCUT2D eigenvalue weighted by molar-refractivity contribution is 0.0846. The van der Waals surface area contributed by atoms with Crippen LogP contribution in [-0.2, 0) is 6.54 Å². The van der Waals surface area contributed by atoms with Gasteiger partial charge in [-0.2, -0.15) is 11.8 Å². The van der Waals surface area contributed by atoms with Crippen LogP contribution < -0.4 is 5.32 Å². The number of halogens is 1. The number of aryl methyl sites for hydroxylation is 1. The summed E-state index contributed by atoms with van der Waals surface area (Å²) in [5, 5.41) is 14.0. The zero-order chi connectivity index (χ0) is 12.9. The van der Waals surface area contributed by atoms with Gasteiger partial charge in [0.05, 0.1) is 5.60 Å². The Hall–Kier alpha value is -0.220. The summed E-state index contributed by atoms with van der Waals surface area (Å²) >= 11 is 7.78. The number of hydrogen-bond donors (Lipinski definition) is 2. The summed E-state index contributed by atoms with van der Waals surface area (Å²) in [7, 11) is 0. The number of thioether (sulfide) groups is 1. The van der Waals surface area contributed by atoms with E-state index in [0.29, 0.717) is 13.1 Å². The van der Waals surface area contributed by atoms with Crippen LogP contribution in [0.3, 0.4) is 0 Å². The minimum atomic E-state index is -0.670. The zero-order valence-electron chi connectivity index (χ0n) is 10.6. The second kappa shape index (κ2) is 6.64. The van der Waals surface area contributed by atoms with Crippen LogP contribution in [-0.4, -0.2) is 29.3 Å². The molecule has 2 N–H and O–H groups in total. The van der Waals surface area contributed by atoms with Crippen LogP contribution in [0.15, 0.2) is 18.2 Å². The Labute approximate surface area is 113 Å². The van der Waals surface area contributed by atoms with Gasteiger partial charge in [0.1, 0.15) is 0 Å². The summed E-state index contributed by atoms with van der Waals surface area (Å²) in [6.07, 6.45) is 1.99. The molecule has 4 heteroatoms. The highest BCUT2D eigenvalue weighted by atomic mass is 35.5. The van der Waals surface area contributed by atoms with E-state index in [0.717, 1.165) is 21.9 Å². The van der Waals surface area contributed by atoms with E-state index in [1.165, 1.54) is 0 Å². The Morgan fingerprint density at radius 3 is 2.76 bits per heavy atom. The average molecular weight is 274 g/mol. The Bertz CT molecular complexity index is 368. The van der Waals surface area contributed by atoms with Crippen LogP contribution in [0.1, 0.15) is 18.1 Å². The predicted octanol–water partition coefficient (Wildman–Crippen LogP) is 2.85. The number of benzene rings is 1. The molecule has 1 atom stereocenters. The summed E-state index contributed by atoms with van der Waals surface area (Å²) in [6.45, 7) is 5.11. The van der Waals surface area contributed by atoms with E-state index >= 15 is 0 Å². The molecule has 0 amide bonds. The van der Waals surface area contributed by atoms with Crippen LogP contribution in [0.25, 0.3) is 0 Å². The summed E-state index contributed by atoms with van der Waals surface area (Å²) in [5.74, 6) is 0.724. The number of rotatable bonds is 6. The predicted molar refractivity (Wildman–Crippen MR) is 76.9 cm³/mol. The molecule has 0 saturated heterocycles. The lowest BCUT2D eigenvalue weighted by atomic mass is 10.1. The molecule has 96 valence electrons. The summed E-state index contributed by atoms with van der Waals surface area (Å²) in [4.78, 5) is 0. The lowest BCUT2D eigenvalue weighted by Gasteiger charge is -2.22. The van der Waals surface area contributed by atoms with Crippen molar-refractivity contribution in [2.24, 2.45) is 0 Å². The molecule has 0 radical (unpaired) electrons. The maximum absolute atomic E-state index is 9.99. The third kappa shape index (κ3) is 5.30. The molecule has 1 unspecified atom stereocenters. The first kappa shape index (κ1) is 14.8. The van der Waals surface area contributed by atoms with Crippen LogP contribution in [0.4, 0.5) is 0 Å². The quantitative estimate of drug-likeness (QED) is 0.836. The van der Waals surface area contributed by atoms with E-state index in [1.54, 1.807) is 11.8 Å². The standard InChI is InChI=1S/C13H20ClNOS/c1-10-4-5-11(12(14)6-10)7-15-8-13(2,16)9-17-3/h4-6,15-16H,7-9H2,1-3H3. The van der Waals surface area contributed by atoms with Crippen LogP contribution in [0.2, 0.25) is 5.02 Å². The van der Waals surface area contributed by atoms with Crippen molar-refractivity contribution in [2.75, 3.05) is 18.6 Å². The Kier molecular flexibility index (Phi) is 5.80. The molecular formula is C13H20ClNOS. The van der Waals surface area contributed by atoms with E-state index < -0.39 is 5.60 Å². The highest BCUT2D eigenvalue weighted by Crippen LogP contribution is 2.17. The number of hydrogen-bond acceptors (Lipinski definition) is 3. The molecule has 2 nitrogen and oxygen atoms in total. The van der Waals surface area contributed by atoms with E-state index in [4.69, 9.17) is 11.6 Å². The highest BCUT2D eigenvalue weighted by molar-refractivity contribution is 7.98. The second-order valence-corrected chi connectivity index (χ2v) is 5.90. The van der Waals surface area contributed by atoms with Gasteiger partial charge in [-0.05, 0) is 37.3 Å². The molecule has 0 aliphatic carbocycles. The van der Waals surface area contributed by atoms with Gasteiger partial charge in [0.25, 0.3) is 0 Å². The van der Waals surface area contributed by atoms with Crippen molar-refractivity contribution >= 4 is 23.4 Å². The van der Waals surface area contributed by atoms with Crippen LogP contribution >= 0.6 is 23.4 Å². The molecule has 0 aliphatic heterocycles. The van der Waals surface area contributed by atoms with Crippen molar-refractivity contribution in [3.8, 4) is 0 Å². The fraction of sp³-hybridized carbons (Fsp3) is 0.538. The Morgan fingerprint density at radius 1 is 1.47 bits per heavy atom. The largest absolute Gasteiger partial charge is 0.388 e. The molecule has 0 bridgehead atoms. The Morgan fingerprint density at radius 2 is 2.18 bits per heavy atom. The fourth-order valence-corrected chi connectivity index (χ4v) is 2.65. The summed E-state index contributed by atoms with van der Waals surface area (Å²) < 4.78 is 0. The average Bonchev–Trinajstić information content (AvgIpc) is 2.21. The van der Waals surface area contributed by atoms with Gasteiger partial charge in [-0.3, -0.25) is 0 Å². The van der Waals surface area contributed by atoms with Gasteiger partial charge in [0, 0.05) is 23.9 Å². The summed E-state index contributed by atoms with van der Waals surface area (Å²) in [5.41, 5.74) is 1.56. The third-order valence-corrected chi connectivity index (χ3v) is 3.75. The minimum Gasteiger partial charge on any atom is -0.388 e. The van der Waals surface area contributed by atoms with Crippen molar-refractivity contribution < 1.29 is 5.11 Å². The van der Waals surface area contributed by atoms with E-state index in [2.05, 4.69) is 5.32 Å². The van der Waals surface area contributed by atoms with Crippen molar-refractivity contribution in [1.82, 2.24) is 5.32 Å². The molecule has 0 aromatic heterocycles. The molecular weight excluding hydrogens is 254 g/mol. The van der Waals surface area contributed by atoms with Gasteiger partial charge in [0.2, 0.25) is 0 Å². The molecule has 0 spiro atoms. The molecule has 1 aromatic rings. The molecule has 17 heavy (non-hydrogen) atoms.